The van der Waals surface area contributed by atoms with Gasteiger partial charge < -0.3 is 14.4 Å². The number of para-hydroxylation sites is 1. The number of fused-ring (bicyclic) bond motifs is 1. The molecule has 23 heavy (non-hydrogen) atoms. The van der Waals surface area contributed by atoms with Gasteiger partial charge >= 0.3 is 5.97 Å². The molecule has 1 aliphatic rings. The van der Waals surface area contributed by atoms with Crippen LogP contribution >= 0.6 is 0 Å². The van der Waals surface area contributed by atoms with Crippen LogP contribution in [0.25, 0.3) is 0 Å². The third-order valence-electron chi connectivity index (χ3n) is 4.36. The standard InChI is InChI=1S/C18H22N2O3/c1-2-15-10-19-17(23-15)12-20-11-13(7-8-18(21)22)9-14-5-3-4-6-16(14)20/h3-6,10,13H,2,7-9,11-12H2,1H3,(H,21,22). The van der Waals surface area contributed by atoms with Crippen LogP contribution in [0, 0.1) is 5.92 Å². The number of anilines is 1. The van der Waals surface area contributed by atoms with Crippen LogP contribution in [0.5, 0.6) is 0 Å². The van der Waals surface area contributed by atoms with E-state index in [0.29, 0.717) is 18.9 Å². The number of oxazole rings is 1. The van der Waals surface area contributed by atoms with Crippen molar-refractivity contribution in [3.63, 3.8) is 0 Å². The minimum absolute atomic E-state index is 0.222. The zero-order valence-electron chi connectivity index (χ0n) is 13.4. The van der Waals surface area contributed by atoms with E-state index in [1.54, 1.807) is 6.20 Å². The first kappa shape index (κ1) is 15.6. The number of carboxylic acids is 1. The lowest BCUT2D eigenvalue weighted by Crippen LogP contribution is -2.35. The van der Waals surface area contributed by atoms with Gasteiger partial charge in [-0.1, -0.05) is 25.1 Å². The molecule has 0 bridgehead atoms. The van der Waals surface area contributed by atoms with Crippen LogP contribution in [0.15, 0.2) is 34.9 Å². The lowest BCUT2D eigenvalue weighted by molar-refractivity contribution is -0.137. The normalized spacial score (nSPS) is 17.1. The summed E-state index contributed by atoms with van der Waals surface area (Å²) in [6, 6.07) is 8.32. The lowest BCUT2D eigenvalue weighted by atomic mass is 9.89. The van der Waals surface area contributed by atoms with E-state index < -0.39 is 5.97 Å². The van der Waals surface area contributed by atoms with Crippen molar-refractivity contribution in [2.24, 2.45) is 5.92 Å². The Morgan fingerprint density at radius 3 is 3.00 bits per heavy atom. The molecule has 0 fully saturated rings. The Morgan fingerprint density at radius 2 is 2.26 bits per heavy atom. The zero-order valence-corrected chi connectivity index (χ0v) is 13.4. The summed E-state index contributed by atoms with van der Waals surface area (Å²) in [6.45, 7) is 3.51. The summed E-state index contributed by atoms with van der Waals surface area (Å²) in [5.74, 6) is 1.24. The second-order valence-corrected chi connectivity index (χ2v) is 6.09. The molecule has 1 aliphatic heterocycles. The molecule has 122 valence electrons. The Bertz CT molecular complexity index is 680. The summed E-state index contributed by atoms with van der Waals surface area (Å²) in [4.78, 5) is 17.5. The van der Waals surface area contributed by atoms with E-state index in [4.69, 9.17) is 9.52 Å². The van der Waals surface area contributed by atoms with Crippen molar-refractivity contribution in [1.29, 1.82) is 0 Å². The molecular weight excluding hydrogens is 292 g/mol. The van der Waals surface area contributed by atoms with E-state index in [1.165, 1.54) is 11.3 Å². The molecule has 3 rings (SSSR count). The molecule has 0 saturated heterocycles. The Hall–Kier alpha value is -2.30. The molecule has 2 heterocycles. The van der Waals surface area contributed by atoms with Crippen LogP contribution in [0.4, 0.5) is 5.69 Å². The van der Waals surface area contributed by atoms with E-state index in [1.807, 2.05) is 19.1 Å². The average Bonchev–Trinajstić information content (AvgIpc) is 3.00. The van der Waals surface area contributed by atoms with Gasteiger partial charge in [-0.2, -0.15) is 0 Å². The van der Waals surface area contributed by atoms with Gasteiger partial charge in [-0.25, -0.2) is 4.98 Å². The number of aryl methyl sites for hydroxylation is 1. The summed E-state index contributed by atoms with van der Waals surface area (Å²) in [6.07, 6.45) is 4.48. The maximum Gasteiger partial charge on any atom is 0.303 e. The molecule has 0 radical (unpaired) electrons. The highest BCUT2D eigenvalue weighted by Gasteiger charge is 2.25. The minimum Gasteiger partial charge on any atom is -0.481 e. The molecule has 0 aliphatic carbocycles. The third-order valence-corrected chi connectivity index (χ3v) is 4.36. The van der Waals surface area contributed by atoms with E-state index in [2.05, 4.69) is 22.0 Å². The number of hydrogen-bond donors (Lipinski definition) is 1. The first-order valence-electron chi connectivity index (χ1n) is 8.14. The second kappa shape index (κ2) is 6.86. The third kappa shape index (κ3) is 3.73. The highest BCUT2D eigenvalue weighted by atomic mass is 16.4. The maximum atomic E-state index is 10.9. The topological polar surface area (TPSA) is 66.6 Å². The summed E-state index contributed by atoms with van der Waals surface area (Å²) >= 11 is 0. The summed E-state index contributed by atoms with van der Waals surface area (Å²) in [7, 11) is 0. The van der Waals surface area contributed by atoms with Crippen molar-refractivity contribution in [2.45, 2.75) is 39.2 Å². The number of nitrogens with zero attached hydrogens (tertiary/aromatic N) is 2. The molecule has 1 aromatic carbocycles. The molecule has 1 aromatic heterocycles. The molecule has 0 amide bonds. The fourth-order valence-electron chi connectivity index (χ4n) is 3.20. The number of aliphatic carboxylic acids is 1. The van der Waals surface area contributed by atoms with E-state index in [-0.39, 0.29) is 6.42 Å². The van der Waals surface area contributed by atoms with Crippen molar-refractivity contribution in [1.82, 2.24) is 4.98 Å². The Kier molecular flexibility index (Phi) is 4.65. The van der Waals surface area contributed by atoms with Crippen molar-refractivity contribution < 1.29 is 14.3 Å². The highest BCUT2D eigenvalue weighted by Crippen LogP contribution is 2.32. The molecule has 1 N–H and O–H groups in total. The van der Waals surface area contributed by atoms with Gasteiger partial charge in [0.15, 0.2) is 0 Å². The van der Waals surface area contributed by atoms with Gasteiger partial charge in [0.25, 0.3) is 0 Å². The predicted octanol–water partition coefficient (Wildman–Crippen LogP) is 3.28. The Labute approximate surface area is 135 Å². The molecule has 0 saturated carbocycles. The van der Waals surface area contributed by atoms with Crippen LogP contribution in [0.2, 0.25) is 0 Å². The van der Waals surface area contributed by atoms with Crippen molar-refractivity contribution in [3.05, 3.63) is 47.7 Å². The molecule has 5 heteroatoms. The maximum absolute atomic E-state index is 10.9. The zero-order chi connectivity index (χ0) is 16.2. The molecular formula is C18H22N2O3. The number of aromatic nitrogens is 1. The van der Waals surface area contributed by atoms with E-state index in [0.717, 1.165) is 31.0 Å². The lowest BCUT2D eigenvalue weighted by Gasteiger charge is -2.35. The number of carbonyl (C=O) groups is 1. The van der Waals surface area contributed by atoms with Crippen LogP contribution < -0.4 is 4.90 Å². The Balaban J connectivity index is 1.77. The number of rotatable bonds is 6. The smallest absolute Gasteiger partial charge is 0.303 e. The molecule has 1 unspecified atom stereocenters. The van der Waals surface area contributed by atoms with E-state index >= 15 is 0 Å². The average molecular weight is 314 g/mol. The molecule has 5 nitrogen and oxygen atoms in total. The van der Waals surface area contributed by atoms with Crippen LogP contribution in [0.1, 0.15) is 37.0 Å². The van der Waals surface area contributed by atoms with Gasteiger partial charge in [0.2, 0.25) is 5.89 Å². The van der Waals surface area contributed by atoms with Crippen LogP contribution in [-0.4, -0.2) is 22.6 Å². The van der Waals surface area contributed by atoms with Crippen molar-refractivity contribution in [2.75, 3.05) is 11.4 Å². The van der Waals surface area contributed by atoms with E-state index in [9.17, 15) is 4.79 Å². The second-order valence-electron chi connectivity index (χ2n) is 6.09. The van der Waals surface area contributed by atoms with Gasteiger partial charge in [-0.15, -0.1) is 0 Å². The fraction of sp³-hybridized carbons (Fsp3) is 0.444. The highest BCUT2D eigenvalue weighted by molar-refractivity contribution is 5.66. The summed E-state index contributed by atoms with van der Waals surface area (Å²) in [5.41, 5.74) is 2.48. The first-order chi connectivity index (χ1) is 11.2. The molecule has 0 spiro atoms. The number of carboxylic acid groups (broad SMARTS) is 1. The van der Waals surface area contributed by atoms with Gasteiger partial charge in [-0.3, -0.25) is 4.79 Å². The Morgan fingerprint density at radius 1 is 1.43 bits per heavy atom. The molecule has 1 atom stereocenters. The predicted molar refractivity (Wildman–Crippen MR) is 87.4 cm³/mol. The monoisotopic (exact) mass is 314 g/mol. The van der Waals surface area contributed by atoms with Crippen molar-refractivity contribution >= 4 is 11.7 Å². The van der Waals surface area contributed by atoms with Gasteiger partial charge in [0.05, 0.1) is 12.7 Å². The van der Waals surface area contributed by atoms with Gasteiger partial charge in [0.1, 0.15) is 5.76 Å². The SMILES string of the molecule is CCc1cnc(CN2CC(CCC(=O)O)Cc3ccccc32)o1. The molecule has 2 aromatic rings. The van der Waals surface area contributed by atoms with Gasteiger partial charge in [0, 0.05) is 25.1 Å². The number of hydrogen-bond acceptors (Lipinski definition) is 4. The van der Waals surface area contributed by atoms with Crippen LogP contribution in [0.3, 0.4) is 0 Å². The minimum atomic E-state index is -0.726. The first-order valence-corrected chi connectivity index (χ1v) is 8.14. The summed E-state index contributed by atoms with van der Waals surface area (Å²) in [5, 5.41) is 8.93. The largest absolute Gasteiger partial charge is 0.481 e. The number of benzene rings is 1. The quantitative estimate of drug-likeness (QED) is 0.886. The summed E-state index contributed by atoms with van der Waals surface area (Å²) < 4.78 is 5.74. The fourth-order valence-corrected chi connectivity index (χ4v) is 3.20. The van der Waals surface area contributed by atoms with Crippen molar-refractivity contribution in [3.8, 4) is 0 Å². The van der Waals surface area contributed by atoms with Crippen LogP contribution in [-0.2, 0) is 24.2 Å². The van der Waals surface area contributed by atoms with Gasteiger partial charge in [-0.05, 0) is 30.4 Å².